The van der Waals surface area contributed by atoms with Crippen LogP contribution in [0.5, 0.6) is 0 Å². The van der Waals surface area contributed by atoms with Gasteiger partial charge in [-0.05, 0) is 41.1 Å². The fourth-order valence-electron chi connectivity index (χ4n) is 2.20. The lowest BCUT2D eigenvalue weighted by atomic mass is 10.1. The van der Waals surface area contributed by atoms with Crippen molar-refractivity contribution in [2.24, 2.45) is 0 Å². The summed E-state index contributed by atoms with van der Waals surface area (Å²) >= 11 is 0. The number of fused-ring (bicyclic) bond motifs is 1. The predicted octanol–water partition coefficient (Wildman–Crippen LogP) is 3.51. The Balaban J connectivity index is 1.97. The Morgan fingerprint density at radius 3 is 2.41 bits per heavy atom. The Kier molecular flexibility index (Phi) is 3.53. The third kappa shape index (κ3) is 2.78. The van der Waals surface area contributed by atoms with Crippen molar-refractivity contribution in [2.75, 3.05) is 4.72 Å². The number of nitrogens with zero attached hydrogens (tertiary/aromatic N) is 1. The van der Waals surface area contributed by atoms with Crippen molar-refractivity contribution in [3.63, 3.8) is 0 Å². The molecular weight excluding hydrogens is 296 g/mol. The van der Waals surface area contributed by atoms with Crippen LogP contribution in [0.25, 0.3) is 10.8 Å². The molecule has 5 heteroatoms. The zero-order valence-electron chi connectivity index (χ0n) is 11.5. The Hall–Kier alpha value is -2.84. The van der Waals surface area contributed by atoms with Crippen molar-refractivity contribution in [2.45, 2.75) is 4.90 Å². The number of hydrogen-bond donors (Lipinski definition) is 1. The van der Waals surface area contributed by atoms with Gasteiger partial charge in [-0.2, -0.15) is 5.26 Å². The SMILES string of the molecule is N#Cc1cccc(S(=O)(=O)Nc2ccc3ccccc3c2)c1. The van der Waals surface area contributed by atoms with E-state index >= 15 is 0 Å². The average molecular weight is 308 g/mol. The van der Waals surface area contributed by atoms with Crippen LogP contribution in [-0.2, 0) is 10.0 Å². The summed E-state index contributed by atoms with van der Waals surface area (Å²) in [7, 11) is -3.72. The molecule has 0 bridgehead atoms. The summed E-state index contributed by atoms with van der Waals surface area (Å²) in [6, 6.07) is 20.9. The van der Waals surface area contributed by atoms with Crippen LogP contribution < -0.4 is 4.72 Å². The molecule has 0 heterocycles. The minimum Gasteiger partial charge on any atom is -0.280 e. The molecule has 0 aliphatic rings. The Morgan fingerprint density at radius 2 is 1.64 bits per heavy atom. The first-order valence-corrected chi connectivity index (χ1v) is 8.09. The normalized spacial score (nSPS) is 11.0. The molecule has 3 aromatic rings. The van der Waals surface area contributed by atoms with Crippen molar-refractivity contribution in [3.05, 3.63) is 72.3 Å². The number of rotatable bonds is 3. The summed E-state index contributed by atoms with van der Waals surface area (Å²) in [4.78, 5) is 0.0692. The lowest BCUT2D eigenvalue weighted by molar-refractivity contribution is 0.601. The van der Waals surface area contributed by atoms with Gasteiger partial charge in [0.05, 0.1) is 16.5 Å². The van der Waals surface area contributed by atoms with Gasteiger partial charge in [0.15, 0.2) is 0 Å². The number of nitrogens with one attached hydrogen (secondary N) is 1. The molecular formula is C17H12N2O2S. The fraction of sp³-hybridized carbons (Fsp3) is 0. The summed E-state index contributed by atoms with van der Waals surface area (Å²) in [5.41, 5.74) is 0.794. The maximum Gasteiger partial charge on any atom is 0.261 e. The van der Waals surface area contributed by atoms with Gasteiger partial charge in [-0.1, -0.05) is 36.4 Å². The van der Waals surface area contributed by atoms with Gasteiger partial charge < -0.3 is 0 Å². The van der Waals surface area contributed by atoms with E-state index in [1.165, 1.54) is 12.1 Å². The lowest BCUT2D eigenvalue weighted by Gasteiger charge is -2.09. The van der Waals surface area contributed by atoms with E-state index in [1.807, 2.05) is 36.4 Å². The largest absolute Gasteiger partial charge is 0.280 e. The number of sulfonamides is 1. The van der Waals surface area contributed by atoms with Gasteiger partial charge in [-0.3, -0.25) is 4.72 Å². The molecule has 0 amide bonds. The Labute approximate surface area is 128 Å². The monoisotopic (exact) mass is 308 g/mol. The van der Waals surface area contributed by atoms with Crippen LogP contribution in [0.2, 0.25) is 0 Å². The molecule has 0 saturated carbocycles. The van der Waals surface area contributed by atoms with Gasteiger partial charge in [0, 0.05) is 5.69 Å². The molecule has 1 N–H and O–H groups in total. The number of anilines is 1. The molecule has 0 unspecified atom stereocenters. The number of benzene rings is 3. The molecule has 3 rings (SSSR count). The van der Waals surface area contributed by atoms with Gasteiger partial charge >= 0.3 is 0 Å². The molecule has 108 valence electrons. The van der Waals surface area contributed by atoms with Crippen LogP contribution in [0.15, 0.2) is 71.6 Å². The van der Waals surface area contributed by atoms with Crippen LogP contribution in [0.4, 0.5) is 5.69 Å². The molecule has 3 aromatic carbocycles. The second kappa shape index (κ2) is 5.51. The Bertz CT molecular complexity index is 989. The summed E-state index contributed by atoms with van der Waals surface area (Å²) < 4.78 is 27.3. The molecule has 0 spiro atoms. The highest BCUT2D eigenvalue weighted by Crippen LogP contribution is 2.22. The summed E-state index contributed by atoms with van der Waals surface area (Å²) in [5, 5.41) is 10.9. The summed E-state index contributed by atoms with van der Waals surface area (Å²) in [6.45, 7) is 0. The first kappa shape index (κ1) is 14.1. The number of hydrogen-bond acceptors (Lipinski definition) is 3. The molecule has 0 aliphatic carbocycles. The standard InChI is InChI=1S/C17H12N2O2S/c18-12-13-4-3-7-17(10-13)22(20,21)19-16-9-8-14-5-1-2-6-15(14)11-16/h1-11,19H. The zero-order valence-corrected chi connectivity index (χ0v) is 12.3. The van der Waals surface area contributed by atoms with Gasteiger partial charge in [0.1, 0.15) is 0 Å². The highest BCUT2D eigenvalue weighted by atomic mass is 32.2. The van der Waals surface area contributed by atoms with E-state index in [0.29, 0.717) is 11.3 Å². The van der Waals surface area contributed by atoms with E-state index in [0.717, 1.165) is 10.8 Å². The van der Waals surface area contributed by atoms with Crippen LogP contribution in [-0.4, -0.2) is 8.42 Å². The van der Waals surface area contributed by atoms with E-state index in [2.05, 4.69) is 4.72 Å². The van der Waals surface area contributed by atoms with Crippen molar-refractivity contribution in [3.8, 4) is 6.07 Å². The molecule has 0 radical (unpaired) electrons. The second-order valence-electron chi connectivity index (χ2n) is 4.81. The highest BCUT2D eigenvalue weighted by molar-refractivity contribution is 7.92. The third-order valence-electron chi connectivity index (χ3n) is 3.28. The maximum absolute atomic E-state index is 12.4. The molecule has 4 nitrogen and oxygen atoms in total. The minimum absolute atomic E-state index is 0.0692. The van der Waals surface area contributed by atoms with Crippen LogP contribution in [0.3, 0.4) is 0 Å². The van der Waals surface area contributed by atoms with E-state index in [9.17, 15) is 8.42 Å². The first-order chi connectivity index (χ1) is 10.6. The Morgan fingerprint density at radius 1 is 0.864 bits per heavy atom. The second-order valence-corrected chi connectivity index (χ2v) is 6.49. The quantitative estimate of drug-likeness (QED) is 0.805. The van der Waals surface area contributed by atoms with Crippen molar-refractivity contribution >= 4 is 26.5 Å². The van der Waals surface area contributed by atoms with Crippen LogP contribution >= 0.6 is 0 Å². The van der Waals surface area contributed by atoms with E-state index < -0.39 is 10.0 Å². The predicted molar refractivity (Wildman–Crippen MR) is 85.9 cm³/mol. The van der Waals surface area contributed by atoms with Crippen LogP contribution in [0, 0.1) is 11.3 Å². The molecule has 22 heavy (non-hydrogen) atoms. The van der Waals surface area contributed by atoms with Gasteiger partial charge in [0.25, 0.3) is 10.0 Å². The summed E-state index contributed by atoms with van der Waals surface area (Å²) in [6.07, 6.45) is 0. The van der Waals surface area contributed by atoms with Crippen molar-refractivity contribution in [1.29, 1.82) is 5.26 Å². The highest BCUT2D eigenvalue weighted by Gasteiger charge is 2.14. The average Bonchev–Trinajstić information content (AvgIpc) is 2.54. The summed E-state index contributed by atoms with van der Waals surface area (Å²) in [5.74, 6) is 0. The van der Waals surface area contributed by atoms with Gasteiger partial charge in [-0.15, -0.1) is 0 Å². The van der Waals surface area contributed by atoms with E-state index in [-0.39, 0.29) is 4.90 Å². The number of nitriles is 1. The van der Waals surface area contributed by atoms with Crippen molar-refractivity contribution in [1.82, 2.24) is 0 Å². The lowest BCUT2D eigenvalue weighted by Crippen LogP contribution is -2.13. The molecule has 0 aromatic heterocycles. The minimum atomic E-state index is -3.72. The van der Waals surface area contributed by atoms with E-state index in [4.69, 9.17) is 5.26 Å². The van der Waals surface area contributed by atoms with Crippen LogP contribution in [0.1, 0.15) is 5.56 Å². The smallest absolute Gasteiger partial charge is 0.261 e. The molecule has 0 atom stereocenters. The van der Waals surface area contributed by atoms with Gasteiger partial charge in [-0.25, -0.2) is 8.42 Å². The first-order valence-electron chi connectivity index (χ1n) is 6.60. The molecule has 0 saturated heterocycles. The maximum atomic E-state index is 12.4. The fourth-order valence-corrected chi connectivity index (χ4v) is 3.29. The topological polar surface area (TPSA) is 70.0 Å². The molecule has 0 aliphatic heterocycles. The third-order valence-corrected chi connectivity index (χ3v) is 4.65. The van der Waals surface area contributed by atoms with Crippen molar-refractivity contribution < 1.29 is 8.42 Å². The van der Waals surface area contributed by atoms with E-state index in [1.54, 1.807) is 24.3 Å². The zero-order chi connectivity index (χ0) is 15.6. The molecule has 0 fully saturated rings. The van der Waals surface area contributed by atoms with Gasteiger partial charge in [0.2, 0.25) is 0 Å².